The molecule has 34 heavy (non-hydrogen) atoms. The molecule has 0 aliphatic rings. The van der Waals surface area contributed by atoms with Gasteiger partial charge in [-0.25, -0.2) is 9.59 Å². The van der Waals surface area contributed by atoms with E-state index in [0.717, 1.165) is 6.92 Å². The van der Waals surface area contributed by atoms with Gasteiger partial charge in [0.1, 0.15) is 5.75 Å². The number of carbonyl (C=O) groups is 5. The van der Waals surface area contributed by atoms with E-state index in [9.17, 15) is 34.2 Å². The first-order valence-corrected chi connectivity index (χ1v) is 9.76. The van der Waals surface area contributed by atoms with Crippen molar-refractivity contribution in [3.05, 3.63) is 89.0 Å². The highest BCUT2D eigenvalue weighted by Crippen LogP contribution is 2.23. The minimum atomic E-state index is -1.25. The molecule has 0 unspecified atom stereocenters. The van der Waals surface area contributed by atoms with Crippen molar-refractivity contribution < 1.29 is 38.9 Å². The van der Waals surface area contributed by atoms with Gasteiger partial charge < -0.3 is 25.6 Å². The molecule has 2 amide bonds. The minimum absolute atomic E-state index is 0.0271. The number of para-hydroxylation sites is 2. The van der Waals surface area contributed by atoms with E-state index in [-0.39, 0.29) is 39.4 Å². The number of carbonyl (C=O) groups excluding carboxylic acids is 3. The van der Waals surface area contributed by atoms with Crippen molar-refractivity contribution >= 4 is 41.1 Å². The van der Waals surface area contributed by atoms with E-state index in [4.69, 9.17) is 4.74 Å². The number of carboxylic acid groups (broad SMARTS) is 2. The topological polar surface area (TPSA) is 159 Å². The smallest absolute Gasteiger partial charge is 0.337 e. The molecule has 0 heterocycles. The van der Waals surface area contributed by atoms with Crippen molar-refractivity contribution in [3.8, 4) is 5.75 Å². The maximum atomic E-state index is 12.8. The standard InChI is InChI=1S/C24H18N2O8/c1-13(27)34-16-11-14(21(28)25-19-8-4-2-6-17(19)23(30)31)10-15(12-16)22(29)26-20-9-5-3-7-18(20)24(32)33/h2-12H,1H3,(H,25,28)(H,26,29)(H,30,31)(H,32,33). The molecule has 10 heteroatoms. The fraction of sp³-hybridized carbons (Fsp3) is 0.0417. The highest BCUT2D eigenvalue weighted by atomic mass is 16.5. The Bertz CT molecular complexity index is 1230. The number of hydrogen-bond donors (Lipinski definition) is 4. The number of hydrogen-bond acceptors (Lipinski definition) is 6. The van der Waals surface area contributed by atoms with Crippen molar-refractivity contribution in [1.29, 1.82) is 0 Å². The van der Waals surface area contributed by atoms with Crippen LogP contribution in [0.2, 0.25) is 0 Å². The number of benzene rings is 3. The van der Waals surface area contributed by atoms with Gasteiger partial charge in [0, 0.05) is 18.1 Å². The average molecular weight is 462 g/mol. The molecule has 4 N–H and O–H groups in total. The van der Waals surface area contributed by atoms with Crippen LogP contribution in [0.25, 0.3) is 0 Å². The van der Waals surface area contributed by atoms with E-state index < -0.39 is 29.7 Å². The van der Waals surface area contributed by atoms with Crippen molar-refractivity contribution in [2.75, 3.05) is 10.6 Å². The number of amides is 2. The van der Waals surface area contributed by atoms with Gasteiger partial charge in [-0.05, 0) is 42.5 Å². The zero-order valence-electron chi connectivity index (χ0n) is 17.7. The minimum Gasteiger partial charge on any atom is -0.478 e. The molecule has 0 radical (unpaired) electrons. The van der Waals surface area contributed by atoms with E-state index in [1.807, 2.05) is 0 Å². The van der Waals surface area contributed by atoms with Gasteiger partial charge in [0.2, 0.25) is 0 Å². The molecule has 0 saturated heterocycles. The summed E-state index contributed by atoms with van der Waals surface area (Å²) in [4.78, 5) is 60.0. The molecule has 0 atom stereocenters. The van der Waals surface area contributed by atoms with Gasteiger partial charge >= 0.3 is 17.9 Å². The van der Waals surface area contributed by atoms with E-state index in [1.54, 1.807) is 0 Å². The summed E-state index contributed by atoms with van der Waals surface area (Å²) in [6, 6.07) is 15.1. The van der Waals surface area contributed by atoms with E-state index in [1.165, 1.54) is 66.7 Å². The summed E-state index contributed by atoms with van der Waals surface area (Å²) in [5, 5.41) is 23.5. The quantitative estimate of drug-likeness (QED) is 0.307. The SMILES string of the molecule is CC(=O)Oc1cc(C(=O)Nc2ccccc2C(=O)O)cc(C(=O)Nc2ccccc2C(=O)O)c1. The largest absolute Gasteiger partial charge is 0.478 e. The maximum Gasteiger partial charge on any atom is 0.337 e. The van der Waals surface area contributed by atoms with Gasteiger partial charge in [-0.3, -0.25) is 14.4 Å². The van der Waals surface area contributed by atoms with Crippen LogP contribution in [0.5, 0.6) is 5.75 Å². The molecule has 10 nitrogen and oxygen atoms in total. The predicted octanol–water partition coefficient (Wildman–Crippen LogP) is 3.51. The monoisotopic (exact) mass is 462 g/mol. The fourth-order valence-corrected chi connectivity index (χ4v) is 3.03. The molecule has 0 aromatic heterocycles. The van der Waals surface area contributed by atoms with Gasteiger partial charge in [-0.15, -0.1) is 0 Å². The lowest BCUT2D eigenvalue weighted by Gasteiger charge is -2.12. The van der Waals surface area contributed by atoms with Crippen LogP contribution in [-0.4, -0.2) is 39.9 Å². The Hall–Kier alpha value is -4.99. The summed E-state index contributed by atoms with van der Waals surface area (Å²) >= 11 is 0. The molecule has 0 aliphatic heterocycles. The van der Waals surface area contributed by atoms with Crippen molar-refractivity contribution in [1.82, 2.24) is 0 Å². The van der Waals surface area contributed by atoms with Crippen molar-refractivity contribution in [3.63, 3.8) is 0 Å². The van der Waals surface area contributed by atoms with E-state index >= 15 is 0 Å². The van der Waals surface area contributed by atoms with Crippen LogP contribution in [0.1, 0.15) is 48.4 Å². The first kappa shape index (κ1) is 23.7. The summed E-state index contributed by atoms with van der Waals surface area (Å²) in [6.07, 6.45) is 0. The van der Waals surface area contributed by atoms with Gasteiger partial charge in [0.25, 0.3) is 11.8 Å². The number of carboxylic acids is 2. The summed E-state index contributed by atoms with van der Waals surface area (Å²) in [5.74, 6) is -4.83. The highest BCUT2D eigenvalue weighted by Gasteiger charge is 2.19. The lowest BCUT2D eigenvalue weighted by atomic mass is 10.1. The number of esters is 1. The molecule has 172 valence electrons. The number of rotatable bonds is 7. The molecule has 3 aromatic rings. The predicted molar refractivity (Wildman–Crippen MR) is 120 cm³/mol. The zero-order valence-corrected chi connectivity index (χ0v) is 17.7. The van der Waals surface area contributed by atoms with Crippen LogP contribution in [0.3, 0.4) is 0 Å². The Kier molecular flexibility index (Phi) is 7.02. The van der Waals surface area contributed by atoms with Gasteiger partial charge in [-0.1, -0.05) is 24.3 Å². The second-order valence-electron chi connectivity index (χ2n) is 6.95. The Morgan fingerprint density at radius 1 is 0.676 bits per heavy atom. The second-order valence-corrected chi connectivity index (χ2v) is 6.95. The summed E-state index contributed by atoms with van der Waals surface area (Å²) < 4.78 is 5.03. The van der Waals surface area contributed by atoms with Gasteiger partial charge in [0.15, 0.2) is 0 Å². The lowest BCUT2D eigenvalue weighted by Crippen LogP contribution is -2.18. The first-order chi connectivity index (χ1) is 16.2. The second kappa shape index (κ2) is 10.1. The lowest BCUT2D eigenvalue weighted by molar-refractivity contribution is -0.131. The van der Waals surface area contributed by atoms with Crippen LogP contribution in [0.4, 0.5) is 11.4 Å². The van der Waals surface area contributed by atoms with Gasteiger partial charge in [-0.2, -0.15) is 0 Å². The number of aromatic carboxylic acids is 2. The molecule has 0 aliphatic carbocycles. The highest BCUT2D eigenvalue weighted by molar-refractivity contribution is 6.11. The van der Waals surface area contributed by atoms with Crippen LogP contribution in [0, 0.1) is 0 Å². The van der Waals surface area contributed by atoms with Crippen LogP contribution >= 0.6 is 0 Å². The third kappa shape index (κ3) is 5.62. The van der Waals surface area contributed by atoms with E-state index in [2.05, 4.69) is 10.6 Å². The molecule has 3 rings (SSSR count). The van der Waals surface area contributed by atoms with E-state index in [0.29, 0.717) is 0 Å². The van der Waals surface area contributed by atoms with Crippen LogP contribution in [0.15, 0.2) is 66.7 Å². The molecule has 3 aromatic carbocycles. The van der Waals surface area contributed by atoms with Gasteiger partial charge in [0.05, 0.1) is 22.5 Å². The maximum absolute atomic E-state index is 12.8. The fourth-order valence-electron chi connectivity index (χ4n) is 3.03. The van der Waals surface area contributed by atoms with Crippen molar-refractivity contribution in [2.24, 2.45) is 0 Å². The Morgan fingerprint density at radius 3 is 1.47 bits per heavy atom. The number of nitrogens with one attached hydrogen (secondary N) is 2. The molecular formula is C24H18N2O8. The average Bonchev–Trinajstić information content (AvgIpc) is 2.78. The molecule has 0 spiro atoms. The summed E-state index contributed by atoms with van der Waals surface area (Å²) in [6.45, 7) is 1.14. The third-order valence-corrected chi connectivity index (χ3v) is 4.50. The normalized spacial score (nSPS) is 10.1. The summed E-state index contributed by atoms with van der Waals surface area (Å²) in [5.41, 5.74) is -0.435. The third-order valence-electron chi connectivity index (χ3n) is 4.50. The Labute approximate surface area is 192 Å². The Morgan fingerprint density at radius 2 is 1.09 bits per heavy atom. The van der Waals surface area contributed by atoms with Crippen molar-refractivity contribution in [2.45, 2.75) is 6.92 Å². The first-order valence-electron chi connectivity index (χ1n) is 9.76. The molecule has 0 bridgehead atoms. The molecular weight excluding hydrogens is 444 g/mol. The van der Waals surface area contributed by atoms with Crippen LogP contribution < -0.4 is 15.4 Å². The molecule has 0 saturated carbocycles. The van der Waals surface area contributed by atoms with Crippen LogP contribution in [-0.2, 0) is 4.79 Å². The zero-order chi connectivity index (χ0) is 24.8. The number of anilines is 2. The molecule has 0 fully saturated rings. The Balaban J connectivity index is 1.96. The number of ether oxygens (including phenoxy) is 1. The summed E-state index contributed by atoms with van der Waals surface area (Å²) in [7, 11) is 0.